The molecule has 2 N–H and O–H groups in total. The second kappa shape index (κ2) is 12.8. The molecule has 1 atom stereocenters. The fourth-order valence-corrected chi connectivity index (χ4v) is 6.42. The van der Waals surface area contributed by atoms with E-state index in [1.807, 2.05) is 71.5 Å². The summed E-state index contributed by atoms with van der Waals surface area (Å²) in [5.74, 6) is 1.00. The Morgan fingerprint density at radius 2 is 1.76 bits per heavy atom. The number of aromatic amines is 1. The van der Waals surface area contributed by atoms with Crippen LogP contribution in [0.2, 0.25) is 0 Å². The summed E-state index contributed by atoms with van der Waals surface area (Å²) in [7, 11) is 0. The van der Waals surface area contributed by atoms with Crippen LogP contribution in [0.1, 0.15) is 88.5 Å². The molecule has 6 rings (SSSR count). The standard InChI is InChI=1S/C35H42N6O5/c1-6-9-30-29(20-23-12-14-24(15-13-23)27-10-7-8-11-28(27)31-37-34(43)46-39-31)32(42)40(33-36-22(3)38-41(30)33)25-16-18-26(19-17-25)45-21(2)35(4,5)44/h7-8,10-15,21,25-26,44H,6,9,16-20H2,1-5H3,(H,37,39,43). The number of ether oxygens (including phenoxy) is 1. The van der Waals surface area contributed by atoms with E-state index in [9.17, 15) is 14.7 Å². The van der Waals surface area contributed by atoms with E-state index >= 15 is 0 Å². The van der Waals surface area contributed by atoms with Crippen molar-refractivity contribution in [2.75, 3.05) is 0 Å². The van der Waals surface area contributed by atoms with Crippen LogP contribution in [0.3, 0.4) is 0 Å². The summed E-state index contributed by atoms with van der Waals surface area (Å²) >= 11 is 0. The number of aryl methyl sites for hydroxylation is 2. The largest absolute Gasteiger partial charge is 0.439 e. The second-order valence-corrected chi connectivity index (χ2v) is 12.9. The maximum Gasteiger partial charge on any atom is 0.439 e. The summed E-state index contributed by atoms with van der Waals surface area (Å²) in [6.45, 7) is 9.41. The van der Waals surface area contributed by atoms with Crippen molar-refractivity contribution in [3.05, 3.63) is 92.1 Å². The first-order chi connectivity index (χ1) is 22.0. The quantitative estimate of drug-likeness (QED) is 0.210. The molecule has 2 aromatic carbocycles. The lowest BCUT2D eigenvalue weighted by Crippen LogP contribution is -2.40. The van der Waals surface area contributed by atoms with Crippen LogP contribution < -0.4 is 11.3 Å². The lowest BCUT2D eigenvalue weighted by Gasteiger charge is -2.35. The second-order valence-electron chi connectivity index (χ2n) is 12.9. The normalized spacial score (nSPS) is 17.9. The molecule has 3 heterocycles. The molecule has 11 heteroatoms. The lowest BCUT2D eigenvalue weighted by molar-refractivity contribution is -0.118. The molecule has 0 amide bonds. The van der Waals surface area contributed by atoms with Gasteiger partial charge in [0.2, 0.25) is 5.78 Å². The van der Waals surface area contributed by atoms with E-state index in [1.165, 1.54) is 0 Å². The number of benzene rings is 2. The van der Waals surface area contributed by atoms with E-state index in [0.717, 1.165) is 65.6 Å². The highest BCUT2D eigenvalue weighted by atomic mass is 16.5. The van der Waals surface area contributed by atoms with Crippen LogP contribution in [0.5, 0.6) is 0 Å². The van der Waals surface area contributed by atoms with E-state index in [-0.39, 0.29) is 23.8 Å². The van der Waals surface area contributed by atoms with Gasteiger partial charge in [0.15, 0.2) is 5.82 Å². The van der Waals surface area contributed by atoms with Crippen LogP contribution in [0.25, 0.3) is 28.3 Å². The van der Waals surface area contributed by atoms with Crippen LogP contribution in [0.4, 0.5) is 0 Å². The molecular formula is C35H42N6O5. The van der Waals surface area contributed by atoms with Gasteiger partial charge < -0.3 is 9.84 Å². The van der Waals surface area contributed by atoms with Gasteiger partial charge in [0.25, 0.3) is 5.56 Å². The van der Waals surface area contributed by atoms with Gasteiger partial charge in [-0.15, -0.1) is 0 Å². The number of fused-ring (bicyclic) bond motifs is 1. The van der Waals surface area contributed by atoms with Crippen molar-refractivity contribution < 1.29 is 14.4 Å². The Labute approximate surface area is 267 Å². The van der Waals surface area contributed by atoms with Gasteiger partial charge in [0.05, 0.1) is 23.5 Å². The first-order valence-corrected chi connectivity index (χ1v) is 16.2. The molecule has 3 aromatic heterocycles. The summed E-state index contributed by atoms with van der Waals surface area (Å²) in [5, 5.41) is 19.0. The van der Waals surface area contributed by atoms with E-state index in [2.05, 4.69) is 17.1 Å². The van der Waals surface area contributed by atoms with Gasteiger partial charge in [-0.1, -0.05) is 67.0 Å². The fraction of sp³-hybridized carbons (Fsp3) is 0.457. The molecule has 0 saturated heterocycles. The molecule has 0 spiro atoms. The average molecular weight is 627 g/mol. The topological polar surface area (TPSA) is 141 Å². The molecule has 242 valence electrons. The average Bonchev–Trinajstić information content (AvgIpc) is 3.64. The minimum atomic E-state index is -0.915. The number of hydrogen-bond acceptors (Lipinski definition) is 8. The summed E-state index contributed by atoms with van der Waals surface area (Å²) in [5.41, 5.74) is 4.34. The summed E-state index contributed by atoms with van der Waals surface area (Å²) in [6.07, 6.45) is 4.95. The smallest absolute Gasteiger partial charge is 0.388 e. The zero-order valence-corrected chi connectivity index (χ0v) is 27.1. The van der Waals surface area contributed by atoms with Gasteiger partial charge in [-0.3, -0.25) is 18.9 Å². The molecule has 0 bridgehead atoms. The fourth-order valence-electron chi connectivity index (χ4n) is 6.42. The molecule has 1 aliphatic carbocycles. The highest BCUT2D eigenvalue weighted by Crippen LogP contribution is 2.33. The lowest BCUT2D eigenvalue weighted by atomic mass is 9.91. The number of nitrogens with zero attached hydrogens (tertiary/aromatic N) is 5. The van der Waals surface area contributed by atoms with E-state index in [1.54, 1.807) is 13.8 Å². The number of nitrogens with one attached hydrogen (secondary N) is 1. The SMILES string of the molecule is CCCc1c(Cc2ccc(-c3ccccc3-c3noc(=O)[nH]3)cc2)c(=O)n(C2CCC(OC(C)C(C)(C)O)CC2)c2nc(C)nn12. The van der Waals surface area contributed by atoms with Crippen molar-refractivity contribution in [3.8, 4) is 22.5 Å². The minimum absolute atomic E-state index is 0.0120. The number of H-pyrrole nitrogens is 1. The molecule has 1 unspecified atom stereocenters. The summed E-state index contributed by atoms with van der Waals surface area (Å²) in [4.78, 5) is 33.4. The maximum atomic E-state index is 14.4. The van der Waals surface area contributed by atoms with Crippen molar-refractivity contribution >= 4 is 5.78 Å². The zero-order chi connectivity index (χ0) is 32.6. The van der Waals surface area contributed by atoms with Gasteiger partial charge in [0.1, 0.15) is 5.82 Å². The zero-order valence-electron chi connectivity index (χ0n) is 27.1. The highest BCUT2D eigenvalue weighted by Gasteiger charge is 2.32. The Morgan fingerprint density at radius 1 is 1.07 bits per heavy atom. The van der Waals surface area contributed by atoms with Gasteiger partial charge in [0, 0.05) is 23.6 Å². The van der Waals surface area contributed by atoms with Gasteiger partial charge in [-0.05, 0) is 76.5 Å². The van der Waals surface area contributed by atoms with Crippen molar-refractivity contribution in [2.45, 2.75) is 103 Å². The maximum absolute atomic E-state index is 14.4. The molecule has 46 heavy (non-hydrogen) atoms. The van der Waals surface area contributed by atoms with E-state index in [0.29, 0.717) is 30.3 Å². The van der Waals surface area contributed by atoms with Gasteiger partial charge in [-0.2, -0.15) is 10.1 Å². The Bertz CT molecular complexity index is 1940. The molecule has 0 radical (unpaired) electrons. The Kier molecular flexibility index (Phi) is 8.80. The molecule has 11 nitrogen and oxygen atoms in total. The minimum Gasteiger partial charge on any atom is -0.388 e. The van der Waals surface area contributed by atoms with Crippen LogP contribution in [0.15, 0.2) is 62.6 Å². The molecular weight excluding hydrogens is 584 g/mol. The van der Waals surface area contributed by atoms with Gasteiger partial charge >= 0.3 is 5.76 Å². The number of hydrogen-bond donors (Lipinski definition) is 2. The van der Waals surface area contributed by atoms with Crippen molar-refractivity contribution in [2.24, 2.45) is 0 Å². The predicted molar refractivity (Wildman–Crippen MR) is 175 cm³/mol. The van der Waals surface area contributed by atoms with Crippen LogP contribution in [-0.2, 0) is 17.6 Å². The Balaban J connectivity index is 1.32. The van der Waals surface area contributed by atoms with Crippen LogP contribution in [-0.4, -0.2) is 52.2 Å². The van der Waals surface area contributed by atoms with Crippen LogP contribution >= 0.6 is 0 Å². The van der Waals surface area contributed by atoms with Crippen molar-refractivity contribution in [3.63, 3.8) is 0 Å². The Hall–Kier alpha value is -4.35. The first-order valence-electron chi connectivity index (χ1n) is 16.2. The Morgan fingerprint density at radius 3 is 2.39 bits per heavy atom. The summed E-state index contributed by atoms with van der Waals surface area (Å²) < 4.78 is 14.7. The van der Waals surface area contributed by atoms with E-state index in [4.69, 9.17) is 19.3 Å². The number of aromatic nitrogens is 6. The third kappa shape index (κ3) is 6.34. The third-order valence-electron chi connectivity index (χ3n) is 9.15. The molecule has 1 fully saturated rings. The summed E-state index contributed by atoms with van der Waals surface area (Å²) in [6, 6.07) is 15.8. The number of aliphatic hydroxyl groups is 1. The highest BCUT2D eigenvalue weighted by molar-refractivity contribution is 5.80. The van der Waals surface area contributed by atoms with Crippen molar-refractivity contribution in [1.29, 1.82) is 0 Å². The van der Waals surface area contributed by atoms with Gasteiger partial charge in [-0.25, -0.2) is 9.31 Å². The number of rotatable bonds is 10. The first kappa shape index (κ1) is 31.6. The van der Waals surface area contributed by atoms with Crippen molar-refractivity contribution in [1.82, 2.24) is 29.3 Å². The monoisotopic (exact) mass is 626 g/mol. The van der Waals surface area contributed by atoms with E-state index < -0.39 is 11.4 Å². The predicted octanol–water partition coefficient (Wildman–Crippen LogP) is 5.41. The molecule has 1 saturated carbocycles. The molecule has 0 aliphatic heterocycles. The molecule has 1 aliphatic rings. The molecule has 5 aromatic rings. The van der Waals surface area contributed by atoms with Crippen LogP contribution in [0, 0.1) is 6.92 Å². The third-order valence-corrected chi connectivity index (χ3v) is 9.15.